The molecule has 0 aliphatic heterocycles. The van der Waals surface area contributed by atoms with E-state index in [1.807, 2.05) is 12.1 Å². The van der Waals surface area contributed by atoms with Crippen LogP contribution in [0.2, 0.25) is 0 Å². The van der Waals surface area contributed by atoms with Gasteiger partial charge in [0.15, 0.2) is 0 Å². The van der Waals surface area contributed by atoms with Crippen LogP contribution in [0.1, 0.15) is 31.0 Å². The molecule has 1 aromatic heterocycles. The molecular weight excluding hydrogens is 407 g/mol. The third-order valence-corrected chi connectivity index (χ3v) is 7.03. The van der Waals surface area contributed by atoms with Crippen LogP contribution in [0.15, 0.2) is 47.4 Å². The molecule has 2 aromatic carbocycles. The molecular formula is C22H23FN2O4S. The molecule has 0 spiro atoms. The summed E-state index contributed by atoms with van der Waals surface area (Å²) in [6.07, 6.45) is 3.86. The summed E-state index contributed by atoms with van der Waals surface area (Å²) in [4.78, 5) is 11.4. The van der Waals surface area contributed by atoms with Crippen LogP contribution in [0.25, 0.3) is 10.9 Å². The second-order valence-electron chi connectivity index (χ2n) is 7.77. The summed E-state index contributed by atoms with van der Waals surface area (Å²) in [5.41, 5.74) is 3.64. The van der Waals surface area contributed by atoms with Gasteiger partial charge in [0.2, 0.25) is 0 Å². The summed E-state index contributed by atoms with van der Waals surface area (Å²) in [7, 11) is -3.84. The van der Waals surface area contributed by atoms with Crippen LogP contribution in [-0.2, 0) is 34.2 Å². The zero-order valence-corrected chi connectivity index (χ0v) is 17.4. The number of fused-ring (bicyclic) bond motifs is 3. The SMILES string of the molecule is CC(Cn1c2c(c3cc(NS(=O)(=O)c4ccc(F)cc4)ccc31)CCCC2)C(=O)O. The van der Waals surface area contributed by atoms with Crippen LogP contribution in [0.5, 0.6) is 0 Å². The predicted molar refractivity (Wildman–Crippen MR) is 113 cm³/mol. The minimum Gasteiger partial charge on any atom is -0.481 e. The summed E-state index contributed by atoms with van der Waals surface area (Å²) < 4.78 is 43.1. The Kier molecular flexibility index (Phi) is 5.27. The lowest BCUT2D eigenvalue weighted by atomic mass is 9.95. The molecule has 1 aliphatic carbocycles. The molecule has 1 atom stereocenters. The number of aryl methyl sites for hydroxylation is 1. The fraction of sp³-hybridized carbons (Fsp3) is 0.318. The van der Waals surface area contributed by atoms with Gasteiger partial charge in [0.25, 0.3) is 10.0 Å². The van der Waals surface area contributed by atoms with Crippen LogP contribution in [0.4, 0.5) is 10.1 Å². The van der Waals surface area contributed by atoms with Crippen LogP contribution < -0.4 is 4.72 Å². The fourth-order valence-corrected chi connectivity index (χ4v) is 5.14. The number of halogens is 1. The van der Waals surface area contributed by atoms with E-state index in [2.05, 4.69) is 9.29 Å². The Bertz CT molecular complexity index is 1220. The number of aliphatic carboxylic acids is 1. The Morgan fingerprint density at radius 3 is 2.57 bits per heavy atom. The number of carboxylic acid groups (broad SMARTS) is 1. The molecule has 158 valence electrons. The van der Waals surface area contributed by atoms with E-state index in [9.17, 15) is 22.7 Å². The molecule has 8 heteroatoms. The first-order chi connectivity index (χ1) is 14.3. The number of nitrogens with one attached hydrogen (secondary N) is 1. The van der Waals surface area contributed by atoms with E-state index in [0.29, 0.717) is 12.2 Å². The number of carbonyl (C=O) groups is 1. The number of sulfonamides is 1. The van der Waals surface area contributed by atoms with Gasteiger partial charge in [-0.25, -0.2) is 12.8 Å². The van der Waals surface area contributed by atoms with Gasteiger partial charge < -0.3 is 9.67 Å². The lowest BCUT2D eigenvalue weighted by Gasteiger charge is -2.17. The first kappa shape index (κ1) is 20.4. The standard InChI is InChI=1S/C22H23FN2O4S/c1-14(22(26)27)13-25-20-5-3-2-4-18(20)19-12-16(8-11-21(19)25)24-30(28,29)17-9-6-15(23)7-10-17/h6-12,14,24H,2-5,13H2,1H3,(H,26,27). The van der Waals surface area contributed by atoms with Crippen molar-refractivity contribution in [1.29, 1.82) is 0 Å². The first-order valence-electron chi connectivity index (χ1n) is 9.91. The Morgan fingerprint density at radius 1 is 1.17 bits per heavy atom. The number of nitrogens with zero attached hydrogens (tertiary/aromatic N) is 1. The van der Waals surface area contributed by atoms with Gasteiger partial charge in [0, 0.05) is 28.8 Å². The van der Waals surface area contributed by atoms with E-state index < -0.39 is 27.7 Å². The maximum absolute atomic E-state index is 13.1. The molecule has 3 aromatic rings. The van der Waals surface area contributed by atoms with E-state index >= 15 is 0 Å². The van der Waals surface area contributed by atoms with Gasteiger partial charge in [-0.15, -0.1) is 0 Å². The Labute approximate surface area is 174 Å². The normalized spacial score (nSPS) is 15.0. The van der Waals surface area contributed by atoms with E-state index in [1.165, 1.54) is 12.1 Å². The highest BCUT2D eigenvalue weighted by Crippen LogP contribution is 2.35. The third-order valence-electron chi connectivity index (χ3n) is 5.63. The summed E-state index contributed by atoms with van der Waals surface area (Å²) in [5.74, 6) is -1.87. The first-order valence-corrected chi connectivity index (χ1v) is 11.4. The van der Waals surface area contributed by atoms with Crippen molar-refractivity contribution in [2.75, 3.05) is 4.72 Å². The maximum atomic E-state index is 13.1. The summed E-state index contributed by atoms with van der Waals surface area (Å²) in [6.45, 7) is 2.07. The molecule has 30 heavy (non-hydrogen) atoms. The lowest BCUT2D eigenvalue weighted by molar-refractivity contribution is -0.141. The molecule has 0 amide bonds. The van der Waals surface area contributed by atoms with Gasteiger partial charge in [0.05, 0.1) is 10.8 Å². The van der Waals surface area contributed by atoms with Crippen molar-refractivity contribution in [3.63, 3.8) is 0 Å². The van der Waals surface area contributed by atoms with E-state index in [4.69, 9.17) is 0 Å². The topological polar surface area (TPSA) is 88.4 Å². The lowest BCUT2D eigenvalue weighted by Crippen LogP contribution is -2.19. The number of rotatable bonds is 6. The van der Waals surface area contributed by atoms with Crippen LogP contribution in [-0.4, -0.2) is 24.1 Å². The van der Waals surface area contributed by atoms with E-state index in [1.54, 1.807) is 13.0 Å². The number of carboxylic acids is 1. The second-order valence-corrected chi connectivity index (χ2v) is 9.46. The van der Waals surface area contributed by atoms with Crippen molar-refractivity contribution in [2.24, 2.45) is 5.92 Å². The van der Waals surface area contributed by atoms with Gasteiger partial charge in [-0.2, -0.15) is 0 Å². The zero-order chi connectivity index (χ0) is 21.5. The van der Waals surface area contributed by atoms with Gasteiger partial charge in [-0.1, -0.05) is 6.92 Å². The third kappa shape index (κ3) is 3.79. The monoisotopic (exact) mass is 430 g/mol. The number of anilines is 1. The number of benzene rings is 2. The van der Waals surface area contributed by atoms with Crippen molar-refractivity contribution >= 4 is 32.6 Å². The average molecular weight is 431 g/mol. The van der Waals surface area contributed by atoms with Crippen LogP contribution in [0, 0.1) is 11.7 Å². The number of aromatic nitrogens is 1. The van der Waals surface area contributed by atoms with Crippen molar-refractivity contribution in [1.82, 2.24) is 4.57 Å². The minimum absolute atomic E-state index is 0.0149. The van der Waals surface area contributed by atoms with Gasteiger partial charge in [0.1, 0.15) is 5.82 Å². The van der Waals surface area contributed by atoms with Gasteiger partial charge in [-0.3, -0.25) is 9.52 Å². The molecule has 0 radical (unpaired) electrons. The van der Waals surface area contributed by atoms with Crippen molar-refractivity contribution in [3.8, 4) is 0 Å². The highest BCUT2D eigenvalue weighted by Gasteiger charge is 2.23. The van der Waals surface area contributed by atoms with Crippen LogP contribution in [0.3, 0.4) is 0 Å². The highest BCUT2D eigenvalue weighted by atomic mass is 32.2. The summed E-state index contributed by atoms with van der Waals surface area (Å²) in [5, 5.41) is 10.3. The average Bonchev–Trinajstić information content (AvgIpc) is 3.01. The van der Waals surface area contributed by atoms with Crippen molar-refractivity contribution in [3.05, 3.63) is 59.5 Å². The Hall–Kier alpha value is -2.87. The molecule has 2 N–H and O–H groups in total. The maximum Gasteiger partial charge on any atom is 0.308 e. The van der Waals surface area contributed by atoms with Crippen molar-refractivity contribution in [2.45, 2.75) is 44.0 Å². The Morgan fingerprint density at radius 2 is 1.87 bits per heavy atom. The van der Waals surface area contributed by atoms with Crippen molar-refractivity contribution < 1.29 is 22.7 Å². The second kappa shape index (κ2) is 7.75. The quantitative estimate of drug-likeness (QED) is 0.614. The largest absolute Gasteiger partial charge is 0.481 e. The van der Waals surface area contributed by atoms with E-state index in [0.717, 1.165) is 60.0 Å². The van der Waals surface area contributed by atoms with E-state index in [-0.39, 0.29) is 4.90 Å². The van der Waals surface area contributed by atoms with Gasteiger partial charge in [-0.05, 0) is 73.7 Å². The molecule has 1 heterocycles. The molecule has 0 bridgehead atoms. The Balaban J connectivity index is 1.74. The number of hydrogen-bond donors (Lipinski definition) is 2. The minimum atomic E-state index is -3.84. The molecule has 1 unspecified atom stereocenters. The molecule has 0 fully saturated rings. The van der Waals surface area contributed by atoms with Gasteiger partial charge >= 0.3 is 5.97 Å². The molecule has 0 saturated carbocycles. The summed E-state index contributed by atoms with van der Waals surface area (Å²) >= 11 is 0. The molecule has 6 nitrogen and oxygen atoms in total. The molecule has 1 aliphatic rings. The molecule has 4 rings (SSSR count). The number of hydrogen-bond acceptors (Lipinski definition) is 3. The van der Waals surface area contributed by atoms with Crippen LogP contribution >= 0.6 is 0 Å². The fourth-order valence-electron chi connectivity index (χ4n) is 4.09. The summed E-state index contributed by atoms with van der Waals surface area (Å²) in [6, 6.07) is 9.99. The predicted octanol–water partition coefficient (Wildman–Crippen LogP) is 4.18. The zero-order valence-electron chi connectivity index (χ0n) is 16.6. The highest BCUT2D eigenvalue weighted by molar-refractivity contribution is 7.92. The molecule has 0 saturated heterocycles. The smallest absolute Gasteiger partial charge is 0.308 e.